The Hall–Kier alpha value is -2.18. The molecule has 1 fully saturated rings. The number of amides is 2. The number of likely N-dealkylation sites (tertiary alicyclic amines) is 1. The predicted octanol–water partition coefficient (Wildman–Crippen LogP) is 4.74. The van der Waals surface area contributed by atoms with Crippen LogP contribution in [0.4, 0.5) is 0 Å². The Morgan fingerprint density at radius 3 is 2.48 bits per heavy atom. The highest BCUT2D eigenvalue weighted by Crippen LogP contribution is 2.28. The lowest BCUT2D eigenvalue weighted by Gasteiger charge is -2.29. The van der Waals surface area contributed by atoms with Crippen molar-refractivity contribution in [1.29, 1.82) is 0 Å². The molecule has 0 radical (unpaired) electrons. The van der Waals surface area contributed by atoms with E-state index in [0.29, 0.717) is 19.4 Å². The Kier molecular flexibility index (Phi) is 8.83. The standard InChI is InChI=1S/C25H33BrN2O3/c1-6-8-20(17(2)26)18-10-12-19(13-11-18)21(16-29)27-24(31)22-9-7-14-28(22)23(30)15-25(3,4)5/h6,8,10-13,21-22,29H,1-2,7,9,14-16H2,3-5H3,(H,27,31)/b20-8+. The number of nitrogens with zero attached hydrogens (tertiary/aromatic N) is 1. The molecule has 0 saturated carbocycles. The van der Waals surface area contributed by atoms with Crippen LogP contribution in [0.15, 0.2) is 54.1 Å². The first-order chi connectivity index (χ1) is 14.6. The first-order valence-corrected chi connectivity index (χ1v) is 11.3. The molecule has 1 saturated heterocycles. The van der Waals surface area contributed by atoms with Crippen molar-refractivity contribution in [2.45, 2.75) is 52.1 Å². The fraction of sp³-hybridized carbons (Fsp3) is 0.440. The van der Waals surface area contributed by atoms with Crippen molar-refractivity contribution in [3.05, 3.63) is 65.2 Å². The van der Waals surface area contributed by atoms with E-state index in [2.05, 4.69) is 34.4 Å². The number of aliphatic hydroxyl groups is 1. The Bertz CT molecular complexity index is 853. The van der Waals surface area contributed by atoms with Gasteiger partial charge in [0.05, 0.1) is 12.6 Å². The van der Waals surface area contributed by atoms with Crippen molar-refractivity contribution in [3.8, 4) is 0 Å². The molecule has 5 nitrogen and oxygen atoms in total. The molecule has 0 spiro atoms. The van der Waals surface area contributed by atoms with Crippen molar-refractivity contribution in [3.63, 3.8) is 0 Å². The Morgan fingerprint density at radius 2 is 1.97 bits per heavy atom. The van der Waals surface area contributed by atoms with Crippen LogP contribution in [-0.2, 0) is 9.59 Å². The van der Waals surface area contributed by atoms with Crippen molar-refractivity contribution < 1.29 is 14.7 Å². The van der Waals surface area contributed by atoms with E-state index in [1.54, 1.807) is 11.0 Å². The van der Waals surface area contributed by atoms with Gasteiger partial charge in [-0.25, -0.2) is 0 Å². The molecule has 0 aromatic heterocycles. The third kappa shape index (κ3) is 6.91. The van der Waals surface area contributed by atoms with E-state index >= 15 is 0 Å². The van der Waals surface area contributed by atoms with Crippen LogP contribution in [0.3, 0.4) is 0 Å². The highest BCUT2D eigenvalue weighted by atomic mass is 79.9. The lowest BCUT2D eigenvalue weighted by atomic mass is 9.91. The van der Waals surface area contributed by atoms with Crippen LogP contribution in [0, 0.1) is 5.41 Å². The molecule has 0 aliphatic carbocycles. The van der Waals surface area contributed by atoms with Gasteiger partial charge in [-0.05, 0) is 35.0 Å². The number of nitrogens with one attached hydrogen (secondary N) is 1. The summed E-state index contributed by atoms with van der Waals surface area (Å²) in [6.45, 7) is 14.1. The summed E-state index contributed by atoms with van der Waals surface area (Å²) < 4.78 is 0.744. The predicted molar refractivity (Wildman–Crippen MR) is 129 cm³/mol. The maximum Gasteiger partial charge on any atom is 0.243 e. The second kappa shape index (κ2) is 10.9. The molecule has 2 rings (SSSR count). The minimum Gasteiger partial charge on any atom is -0.394 e. The van der Waals surface area contributed by atoms with Crippen LogP contribution in [0.25, 0.3) is 5.57 Å². The molecular formula is C25H33BrN2O3. The summed E-state index contributed by atoms with van der Waals surface area (Å²) in [5, 5.41) is 12.8. The van der Waals surface area contributed by atoms with E-state index in [9.17, 15) is 14.7 Å². The number of allylic oxidation sites excluding steroid dienone is 4. The van der Waals surface area contributed by atoms with Crippen molar-refractivity contribution in [2.75, 3.05) is 13.2 Å². The van der Waals surface area contributed by atoms with Gasteiger partial charge in [-0.1, -0.05) is 86.3 Å². The van der Waals surface area contributed by atoms with Crippen molar-refractivity contribution in [1.82, 2.24) is 10.2 Å². The Morgan fingerprint density at radius 1 is 1.32 bits per heavy atom. The molecule has 2 unspecified atom stereocenters. The largest absolute Gasteiger partial charge is 0.394 e. The van der Waals surface area contributed by atoms with Crippen LogP contribution in [-0.4, -0.2) is 41.0 Å². The molecule has 2 N–H and O–H groups in total. The molecule has 0 bridgehead atoms. The van der Waals surface area contributed by atoms with Gasteiger partial charge in [0.2, 0.25) is 11.8 Å². The molecular weight excluding hydrogens is 456 g/mol. The molecule has 1 aliphatic heterocycles. The van der Waals surface area contributed by atoms with Gasteiger partial charge in [0, 0.05) is 17.4 Å². The van der Waals surface area contributed by atoms with Gasteiger partial charge >= 0.3 is 0 Å². The molecule has 1 aromatic carbocycles. The minimum absolute atomic E-state index is 0.00610. The smallest absolute Gasteiger partial charge is 0.243 e. The van der Waals surface area contributed by atoms with E-state index in [0.717, 1.165) is 27.6 Å². The highest BCUT2D eigenvalue weighted by Gasteiger charge is 2.36. The average Bonchev–Trinajstić information content (AvgIpc) is 3.19. The molecule has 31 heavy (non-hydrogen) atoms. The summed E-state index contributed by atoms with van der Waals surface area (Å²) in [5.74, 6) is -0.212. The topological polar surface area (TPSA) is 69.6 Å². The van der Waals surface area contributed by atoms with E-state index < -0.39 is 12.1 Å². The summed E-state index contributed by atoms with van der Waals surface area (Å²) in [6, 6.07) is 6.56. The van der Waals surface area contributed by atoms with Crippen LogP contribution in [0.1, 0.15) is 57.2 Å². The maximum absolute atomic E-state index is 13.0. The average molecular weight is 489 g/mol. The minimum atomic E-state index is -0.541. The zero-order chi connectivity index (χ0) is 23.2. The molecule has 6 heteroatoms. The second-order valence-electron chi connectivity index (χ2n) is 9.07. The van der Waals surface area contributed by atoms with Gasteiger partial charge in [-0.3, -0.25) is 9.59 Å². The number of hydrogen-bond acceptors (Lipinski definition) is 3. The third-order valence-electron chi connectivity index (χ3n) is 5.26. The van der Waals surface area contributed by atoms with E-state index in [4.69, 9.17) is 0 Å². The van der Waals surface area contributed by atoms with Crippen molar-refractivity contribution in [2.24, 2.45) is 5.41 Å². The zero-order valence-corrected chi connectivity index (χ0v) is 20.2. The number of carbonyl (C=O) groups is 2. The van der Waals surface area contributed by atoms with Gasteiger partial charge in [-0.15, -0.1) is 0 Å². The Balaban J connectivity index is 2.12. The lowest BCUT2D eigenvalue weighted by Crippen LogP contribution is -2.48. The van der Waals surface area contributed by atoms with Gasteiger partial charge in [0.25, 0.3) is 0 Å². The van der Waals surface area contributed by atoms with Crippen LogP contribution in [0.5, 0.6) is 0 Å². The van der Waals surface area contributed by atoms with Crippen molar-refractivity contribution >= 4 is 33.3 Å². The molecule has 1 aliphatic rings. The fourth-order valence-electron chi connectivity index (χ4n) is 3.75. The van der Waals surface area contributed by atoms with E-state index in [1.165, 1.54) is 0 Å². The monoisotopic (exact) mass is 488 g/mol. The molecule has 1 heterocycles. The first-order valence-electron chi connectivity index (χ1n) is 10.6. The summed E-state index contributed by atoms with van der Waals surface area (Å²) >= 11 is 3.41. The third-order valence-corrected chi connectivity index (χ3v) is 5.68. The molecule has 2 atom stereocenters. The number of benzene rings is 1. The summed E-state index contributed by atoms with van der Waals surface area (Å²) in [6.07, 6.45) is 5.41. The number of carbonyl (C=O) groups excluding carboxylic acids is 2. The van der Waals surface area contributed by atoms with Gasteiger partial charge in [0.15, 0.2) is 0 Å². The summed E-state index contributed by atoms with van der Waals surface area (Å²) in [5.41, 5.74) is 2.52. The number of aliphatic hydroxyl groups excluding tert-OH is 1. The second-order valence-corrected chi connectivity index (χ2v) is 10.0. The van der Waals surface area contributed by atoms with E-state index in [1.807, 2.05) is 51.1 Å². The van der Waals surface area contributed by atoms with E-state index in [-0.39, 0.29) is 23.8 Å². The molecule has 168 valence electrons. The SMILES string of the molecule is C=C/C=C(\C(=C)Br)c1ccc(C(CO)NC(=O)C2CCCN2C(=O)CC(C)(C)C)cc1. The van der Waals surface area contributed by atoms with Crippen LogP contribution in [0.2, 0.25) is 0 Å². The van der Waals surface area contributed by atoms with Gasteiger partial charge in [0.1, 0.15) is 6.04 Å². The maximum atomic E-state index is 13.0. The highest BCUT2D eigenvalue weighted by molar-refractivity contribution is 9.12. The number of halogens is 1. The lowest BCUT2D eigenvalue weighted by molar-refractivity contribution is -0.140. The normalized spacial score (nSPS) is 17.9. The number of hydrogen-bond donors (Lipinski definition) is 2. The molecule has 2 amide bonds. The van der Waals surface area contributed by atoms with Crippen LogP contribution >= 0.6 is 15.9 Å². The van der Waals surface area contributed by atoms with Gasteiger partial charge < -0.3 is 15.3 Å². The van der Waals surface area contributed by atoms with Crippen LogP contribution < -0.4 is 5.32 Å². The Labute approximate surface area is 194 Å². The number of rotatable bonds is 8. The first kappa shape index (κ1) is 25.1. The quantitative estimate of drug-likeness (QED) is 0.519. The summed E-state index contributed by atoms with van der Waals surface area (Å²) in [7, 11) is 0. The summed E-state index contributed by atoms with van der Waals surface area (Å²) in [4.78, 5) is 27.3. The fourth-order valence-corrected chi connectivity index (χ4v) is 4.11. The molecule has 1 aromatic rings. The zero-order valence-electron chi connectivity index (χ0n) is 18.7. The van der Waals surface area contributed by atoms with Gasteiger partial charge in [-0.2, -0.15) is 0 Å².